The normalized spacial score (nSPS) is 13.0. The highest BCUT2D eigenvalue weighted by Crippen LogP contribution is 2.65. The lowest BCUT2D eigenvalue weighted by atomic mass is 9.69. The van der Waals surface area contributed by atoms with Gasteiger partial charge in [0, 0.05) is 16.7 Å². The third kappa shape index (κ3) is 4.89. The largest absolute Gasteiger partial charge is 0.208 e. The first-order chi connectivity index (χ1) is 30.2. The molecule has 0 radical (unpaired) electrons. The van der Waals surface area contributed by atoms with Gasteiger partial charge < -0.3 is 0 Å². The van der Waals surface area contributed by atoms with Gasteiger partial charge in [-0.05, 0) is 112 Å². The summed E-state index contributed by atoms with van der Waals surface area (Å²) in [7, 11) is 0. The summed E-state index contributed by atoms with van der Waals surface area (Å²) in [5.41, 5.74) is 15.3. The molecule has 13 rings (SSSR count). The zero-order valence-electron chi connectivity index (χ0n) is 33.0. The molecule has 10 aromatic carbocycles. The van der Waals surface area contributed by atoms with Crippen LogP contribution >= 0.6 is 0 Å². The minimum atomic E-state index is -0.489. The quantitative estimate of drug-likeness (QED) is 0.167. The van der Waals surface area contributed by atoms with Crippen molar-refractivity contribution in [1.29, 1.82) is 0 Å². The predicted molar refractivity (Wildman–Crippen MR) is 250 cm³/mol. The molecule has 0 atom stereocenters. The first-order valence-electron chi connectivity index (χ1n) is 20.9. The smallest absolute Gasteiger partial charge is 0.164 e. The Labute approximate surface area is 353 Å². The number of aromatic nitrogens is 3. The Morgan fingerprint density at radius 3 is 1.43 bits per heavy atom. The molecule has 61 heavy (non-hydrogen) atoms. The highest BCUT2D eigenvalue weighted by molar-refractivity contribution is 6.20. The summed E-state index contributed by atoms with van der Waals surface area (Å²) >= 11 is 0. The minimum Gasteiger partial charge on any atom is -0.208 e. The van der Waals surface area contributed by atoms with Crippen molar-refractivity contribution in [2.45, 2.75) is 5.41 Å². The molecule has 2 aliphatic rings. The molecule has 11 aromatic rings. The van der Waals surface area contributed by atoms with Gasteiger partial charge in [-0.25, -0.2) is 15.0 Å². The van der Waals surface area contributed by atoms with Crippen LogP contribution in [0.3, 0.4) is 0 Å². The molecule has 0 bridgehead atoms. The number of hydrogen-bond donors (Lipinski definition) is 0. The first-order valence-corrected chi connectivity index (χ1v) is 20.9. The van der Waals surface area contributed by atoms with Crippen molar-refractivity contribution in [3.05, 3.63) is 235 Å². The third-order valence-corrected chi connectivity index (χ3v) is 13.1. The van der Waals surface area contributed by atoms with Gasteiger partial charge in [-0.15, -0.1) is 0 Å². The van der Waals surface area contributed by atoms with E-state index in [2.05, 4.69) is 152 Å². The van der Waals surface area contributed by atoms with Crippen LogP contribution in [0.25, 0.3) is 99.9 Å². The van der Waals surface area contributed by atoms with E-state index in [1.807, 2.05) is 60.7 Å². The molecule has 0 saturated heterocycles. The standard InChI is InChI=1S/C58H35N3/c1-3-16-36(17-4-1)55-59-56(37-18-5-2-6-19-37)61-57(60-55)41-21-15-20-38(32-41)39-30-31-40-34-49-52(35-42(40)33-39)58(50-28-13-11-24-45(50)46-25-12-14-29-51(46)58)54-48-27-10-8-23-44(48)43-22-7-9-26-47(43)53(49)54/h1-35H. The van der Waals surface area contributed by atoms with Crippen LogP contribution in [-0.4, -0.2) is 15.0 Å². The fourth-order valence-electron chi connectivity index (χ4n) is 10.5. The predicted octanol–water partition coefficient (Wildman–Crippen LogP) is 14.3. The van der Waals surface area contributed by atoms with Crippen molar-refractivity contribution in [1.82, 2.24) is 15.0 Å². The molecule has 1 heterocycles. The van der Waals surface area contributed by atoms with Crippen molar-refractivity contribution in [3.63, 3.8) is 0 Å². The lowest BCUT2D eigenvalue weighted by Crippen LogP contribution is -2.26. The molecule has 3 nitrogen and oxygen atoms in total. The Balaban J connectivity index is 1.03. The number of rotatable bonds is 4. The molecule has 0 unspecified atom stereocenters. The molecule has 1 spiro atoms. The van der Waals surface area contributed by atoms with E-state index < -0.39 is 5.41 Å². The highest BCUT2D eigenvalue weighted by atomic mass is 15.0. The molecule has 0 amide bonds. The molecule has 0 aliphatic heterocycles. The zero-order chi connectivity index (χ0) is 40.1. The van der Waals surface area contributed by atoms with Crippen LogP contribution in [0.2, 0.25) is 0 Å². The van der Waals surface area contributed by atoms with E-state index >= 15 is 0 Å². The fourth-order valence-corrected chi connectivity index (χ4v) is 10.5. The molecule has 2 aliphatic carbocycles. The second-order valence-corrected chi connectivity index (χ2v) is 16.3. The Morgan fingerprint density at radius 2 is 0.770 bits per heavy atom. The molecular weight excluding hydrogens is 739 g/mol. The van der Waals surface area contributed by atoms with Crippen LogP contribution in [0.4, 0.5) is 0 Å². The maximum Gasteiger partial charge on any atom is 0.164 e. The monoisotopic (exact) mass is 773 g/mol. The van der Waals surface area contributed by atoms with E-state index in [1.54, 1.807) is 0 Å². The van der Waals surface area contributed by atoms with Gasteiger partial charge in [0.05, 0.1) is 5.41 Å². The summed E-state index contributed by atoms with van der Waals surface area (Å²) in [6.45, 7) is 0. The molecule has 0 fully saturated rings. The maximum absolute atomic E-state index is 5.04. The van der Waals surface area contributed by atoms with Gasteiger partial charge in [-0.2, -0.15) is 0 Å². The molecule has 3 heteroatoms. The van der Waals surface area contributed by atoms with Crippen LogP contribution in [0.15, 0.2) is 212 Å². The van der Waals surface area contributed by atoms with E-state index in [4.69, 9.17) is 15.0 Å². The maximum atomic E-state index is 5.04. The topological polar surface area (TPSA) is 38.7 Å². The number of benzene rings is 10. The number of fused-ring (bicyclic) bond motifs is 16. The van der Waals surface area contributed by atoms with Crippen molar-refractivity contribution in [3.8, 4) is 67.5 Å². The number of nitrogens with zero attached hydrogens (tertiary/aromatic N) is 3. The van der Waals surface area contributed by atoms with Gasteiger partial charge in [0.15, 0.2) is 17.5 Å². The average molecular weight is 774 g/mol. The molecule has 0 N–H and O–H groups in total. The second-order valence-electron chi connectivity index (χ2n) is 16.3. The third-order valence-electron chi connectivity index (χ3n) is 13.1. The summed E-state index contributed by atoms with van der Waals surface area (Å²) in [4.78, 5) is 15.0. The van der Waals surface area contributed by atoms with Crippen LogP contribution in [0.1, 0.15) is 22.3 Å². The summed E-state index contributed by atoms with van der Waals surface area (Å²) in [5, 5.41) is 7.62. The van der Waals surface area contributed by atoms with E-state index in [-0.39, 0.29) is 0 Å². The van der Waals surface area contributed by atoms with Crippen LogP contribution in [0, 0.1) is 0 Å². The Morgan fingerprint density at radius 1 is 0.279 bits per heavy atom. The van der Waals surface area contributed by atoms with Crippen molar-refractivity contribution >= 4 is 32.3 Å². The van der Waals surface area contributed by atoms with Gasteiger partial charge in [0.1, 0.15) is 0 Å². The summed E-state index contributed by atoms with van der Waals surface area (Å²) in [6, 6.07) is 77.0. The van der Waals surface area contributed by atoms with E-state index in [1.165, 1.54) is 76.8 Å². The van der Waals surface area contributed by atoms with E-state index in [0.717, 1.165) is 27.8 Å². The Hall–Kier alpha value is -8.01. The molecule has 0 saturated carbocycles. The van der Waals surface area contributed by atoms with Gasteiger partial charge in [-0.1, -0.05) is 188 Å². The highest BCUT2D eigenvalue weighted by Gasteiger charge is 2.53. The van der Waals surface area contributed by atoms with Gasteiger partial charge in [0.2, 0.25) is 0 Å². The molecule has 1 aromatic heterocycles. The average Bonchev–Trinajstić information content (AvgIpc) is 3.81. The van der Waals surface area contributed by atoms with Crippen LogP contribution < -0.4 is 0 Å². The van der Waals surface area contributed by atoms with E-state index in [0.29, 0.717) is 17.5 Å². The lowest BCUT2D eigenvalue weighted by Gasteiger charge is -2.32. The summed E-state index contributed by atoms with van der Waals surface area (Å²) in [5.74, 6) is 1.95. The lowest BCUT2D eigenvalue weighted by molar-refractivity contribution is 0.803. The van der Waals surface area contributed by atoms with Gasteiger partial charge in [-0.3, -0.25) is 0 Å². The number of hydrogen-bond acceptors (Lipinski definition) is 3. The van der Waals surface area contributed by atoms with Gasteiger partial charge in [0.25, 0.3) is 0 Å². The van der Waals surface area contributed by atoms with Crippen molar-refractivity contribution < 1.29 is 0 Å². The first kappa shape index (κ1) is 33.9. The fraction of sp³-hybridized carbons (Fsp3) is 0.0172. The summed E-state index contributed by atoms with van der Waals surface area (Å²) in [6.07, 6.45) is 0. The SMILES string of the molecule is c1ccc(-c2nc(-c3ccccc3)nc(-c3cccc(-c4ccc5cc6c(cc5c4)C4(c5ccccc5-c5ccccc54)c4c-6c5ccccc5c5ccccc45)c3)n2)cc1. The summed E-state index contributed by atoms with van der Waals surface area (Å²) < 4.78 is 0. The van der Waals surface area contributed by atoms with Crippen molar-refractivity contribution in [2.75, 3.05) is 0 Å². The van der Waals surface area contributed by atoms with Crippen molar-refractivity contribution in [2.24, 2.45) is 0 Å². The molecular formula is C58H35N3. The van der Waals surface area contributed by atoms with Crippen LogP contribution in [0.5, 0.6) is 0 Å². The second kappa shape index (κ2) is 13.0. The van der Waals surface area contributed by atoms with E-state index in [9.17, 15) is 0 Å². The Bertz CT molecular complexity index is 3490. The van der Waals surface area contributed by atoms with Gasteiger partial charge >= 0.3 is 0 Å². The zero-order valence-corrected chi connectivity index (χ0v) is 33.0. The minimum absolute atomic E-state index is 0.489. The molecule has 282 valence electrons. The van der Waals surface area contributed by atoms with Crippen LogP contribution in [-0.2, 0) is 5.41 Å². The Kier molecular flexibility index (Phi) is 7.22.